The molecule has 1 aromatic heterocycles. The quantitative estimate of drug-likeness (QED) is 0.769. The van der Waals surface area contributed by atoms with Crippen molar-refractivity contribution in [3.05, 3.63) is 23.9 Å². The van der Waals surface area contributed by atoms with E-state index in [-0.39, 0.29) is 0 Å². The molecule has 3 aliphatic rings. The normalized spacial score (nSPS) is 32.3. The van der Waals surface area contributed by atoms with Crippen LogP contribution in [0.15, 0.2) is 18.3 Å². The van der Waals surface area contributed by atoms with Crippen LogP contribution >= 0.6 is 0 Å². The lowest BCUT2D eigenvalue weighted by Crippen LogP contribution is -2.57. The minimum absolute atomic E-state index is 0.640. The summed E-state index contributed by atoms with van der Waals surface area (Å²) in [5.74, 6) is 3.69. The van der Waals surface area contributed by atoms with Gasteiger partial charge in [0.05, 0.1) is 6.61 Å². The molecular weight excluding hydrogens is 262 g/mol. The maximum atomic E-state index is 5.59. The standard InChI is InChI=1S/C17H21N3O/c1-2-13-3-6-17(18-9-13)19-10-14-4-5-15(11-19)20(14)16-7-8-21-12-16/h1,3,6,9,14-16H,4-5,7-8,10-12H2/t14?,15?,16-/m1/s1. The summed E-state index contributed by atoms with van der Waals surface area (Å²) in [7, 11) is 0. The van der Waals surface area contributed by atoms with Crippen molar-refractivity contribution in [1.29, 1.82) is 0 Å². The molecule has 0 aromatic carbocycles. The van der Waals surface area contributed by atoms with Crippen molar-refractivity contribution >= 4 is 5.82 Å². The van der Waals surface area contributed by atoms with Crippen LogP contribution in [-0.2, 0) is 4.74 Å². The molecule has 0 N–H and O–H groups in total. The van der Waals surface area contributed by atoms with E-state index >= 15 is 0 Å². The van der Waals surface area contributed by atoms with Gasteiger partial charge in [-0.05, 0) is 31.4 Å². The Balaban J connectivity index is 1.50. The summed E-state index contributed by atoms with van der Waals surface area (Å²) in [6, 6.07) is 6.00. The van der Waals surface area contributed by atoms with Crippen LogP contribution in [0.25, 0.3) is 0 Å². The number of rotatable bonds is 2. The number of fused-ring (bicyclic) bond motifs is 2. The monoisotopic (exact) mass is 283 g/mol. The van der Waals surface area contributed by atoms with Crippen molar-refractivity contribution in [1.82, 2.24) is 9.88 Å². The number of pyridine rings is 1. The molecule has 0 amide bonds. The van der Waals surface area contributed by atoms with Crippen LogP contribution < -0.4 is 4.90 Å². The van der Waals surface area contributed by atoms with E-state index in [2.05, 4.69) is 26.8 Å². The summed E-state index contributed by atoms with van der Waals surface area (Å²) in [5.41, 5.74) is 0.850. The highest BCUT2D eigenvalue weighted by molar-refractivity contribution is 5.44. The molecule has 0 spiro atoms. The molecule has 4 heteroatoms. The van der Waals surface area contributed by atoms with E-state index in [0.717, 1.165) is 37.7 Å². The zero-order valence-corrected chi connectivity index (χ0v) is 12.2. The van der Waals surface area contributed by atoms with E-state index in [1.807, 2.05) is 6.07 Å². The predicted molar refractivity (Wildman–Crippen MR) is 82.3 cm³/mol. The van der Waals surface area contributed by atoms with Gasteiger partial charge in [0, 0.05) is 49.6 Å². The van der Waals surface area contributed by atoms with Gasteiger partial charge in [0.25, 0.3) is 0 Å². The summed E-state index contributed by atoms with van der Waals surface area (Å²) < 4.78 is 5.59. The van der Waals surface area contributed by atoms with Crippen LogP contribution in [0.4, 0.5) is 5.82 Å². The van der Waals surface area contributed by atoms with Gasteiger partial charge < -0.3 is 9.64 Å². The van der Waals surface area contributed by atoms with E-state index in [9.17, 15) is 0 Å². The molecule has 3 fully saturated rings. The van der Waals surface area contributed by atoms with Crippen molar-refractivity contribution in [2.24, 2.45) is 0 Å². The Morgan fingerprint density at radius 2 is 1.95 bits per heavy atom. The molecule has 2 bridgehead atoms. The van der Waals surface area contributed by atoms with Gasteiger partial charge in [-0.3, -0.25) is 4.90 Å². The Kier molecular flexibility index (Phi) is 3.33. The molecule has 21 heavy (non-hydrogen) atoms. The molecule has 3 atom stereocenters. The summed E-state index contributed by atoms with van der Waals surface area (Å²) in [4.78, 5) is 9.69. The van der Waals surface area contributed by atoms with E-state index < -0.39 is 0 Å². The Hall–Kier alpha value is -1.57. The molecule has 4 rings (SSSR count). The number of hydrogen-bond donors (Lipinski definition) is 0. The van der Waals surface area contributed by atoms with Crippen LogP contribution in [0.3, 0.4) is 0 Å². The lowest BCUT2D eigenvalue weighted by molar-refractivity contribution is 0.0918. The molecule has 2 unspecified atom stereocenters. The minimum Gasteiger partial charge on any atom is -0.380 e. The predicted octanol–water partition coefficient (Wildman–Crippen LogP) is 1.50. The fourth-order valence-corrected chi connectivity index (χ4v) is 4.13. The first-order valence-corrected chi connectivity index (χ1v) is 7.88. The molecule has 0 radical (unpaired) electrons. The van der Waals surface area contributed by atoms with Gasteiger partial charge >= 0.3 is 0 Å². The van der Waals surface area contributed by atoms with Gasteiger partial charge in [-0.1, -0.05) is 5.92 Å². The van der Waals surface area contributed by atoms with Gasteiger partial charge in [-0.2, -0.15) is 0 Å². The number of aromatic nitrogens is 1. The van der Waals surface area contributed by atoms with Crippen LogP contribution in [0, 0.1) is 12.3 Å². The van der Waals surface area contributed by atoms with Crippen molar-refractivity contribution in [3.8, 4) is 12.3 Å². The molecule has 4 heterocycles. The average Bonchev–Trinajstić information content (AvgIpc) is 3.13. The zero-order valence-electron chi connectivity index (χ0n) is 12.2. The highest BCUT2D eigenvalue weighted by Crippen LogP contribution is 2.35. The second-order valence-electron chi connectivity index (χ2n) is 6.30. The lowest BCUT2D eigenvalue weighted by atomic mass is 10.1. The Morgan fingerprint density at radius 3 is 2.52 bits per heavy atom. The number of ether oxygens (including phenoxy) is 1. The highest BCUT2D eigenvalue weighted by Gasteiger charge is 2.44. The van der Waals surface area contributed by atoms with Gasteiger partial charge in [0.2, 0.25) is 0 Å². The Morgan fingerprint density at radius 1 is 1.14 bits per heavy atom. The average molecular weight is 283 g/mol. The van der Waals surface area contributed by atoms with Crippen molar-refractivity contribution in [2.75, 3.05) is 31.2 Å². The first-order chi connectivity index (χ1) is 10.3. The molecule has 3 saturated heterocycles. The third-order valence-corrected chi connectivity index (χ3v) is 5.10. The van der Waals surface area contributed by atoms with Gasteiger partial charge in [0.15, 0.2) is 0 Å². The number of hydrogen-bond acceptors (Lipinski definition) is 4. The third-order valence-electron chi connectivity index (χ3n) is 5.10. The highest BCUT2D eigenvalue weighted by atomic mass is 16.5. The smallest absolute Gasteiger partial charge is 0.128 e. The lowest BCUT2D eigenvalue weighted by Gasteiger charge is -2.44. The van der Waals surface area contributed by atoms with Crippen molar-refractivity contribution < 1.29 is 4.74 Å². The number of nitrogens with zero attached hydrogens (tertiary/aromatic N) is 3. The zero-order chi connectivity index (χ0) is 14.2. The summed E-state index contributed by atoms with van der Waals surface area (Å²) >= 11 is 0. The van der Waals surface area contributed by atoms with Crippen LogP contribution in [-0.4, -0.2) is 54.3 Å². The molecular formula is C17H21N3O. The summed E-state index contributed by atoms with van der Waals surface area (Å²) in [6.07, 6.45) is 11.0. The topological polar surface area (TPSA) is 28.6 Å². The second-order valence-corrected chi connectivity index (χ2v) is 6.30. The number of anilines is 1. The summed E-state index contributed by atoms with van der Waals surface area (Å²) in [6.45, 7) is 4.01. The van der Waals surface area contributed by atoms with E-state index in [1.54, 1.807) is 6.20 Å². The van der Waals surface area contributed by atoms with Crippen molar-refractivity contribution in [3.63, 3.8) is 0 Å². The van der Waals surface area contributed by atoms with E-state index in [1.165, 1.54) is 19.3 Å². The fourth-order valence-electron chi connectivity index (χ4n) is 4.13. The maximum Gasteiger partial charge on any atom is 0.128 e. The molecule has 0 aliphatic carbocycles. The third kappa shape index (κ3) is 2.31. The second kappa shape index (κ2) is 5.32. The van der Waals surface area contributed by atoms with E-state index in [0.29, 0.717) is 18.1 Å². The molecule has 0 saturated carbocycles. The van der Waals surface area contributed by atoms with Gasteiger partial charge in [0.1, 0.15) is 5.82 Å². The van der Waals surface area contributed by atoms with Crippen LogP contribution in [0.2, 0.25) is 0 Å². The first kappa shape index (κ1) is 13.1. The maximum absolute atomic E-state index is 5.59. The fraction of sp³-hybridized carbons (Fsp3) is 0.588. The van der Waals surface area contributed by atoms with Gasteiger partial charge in [-0.15, -0.1) is 6.42 Å². The summed E-state index contributed by atoms with van der Waals surface area (Å²) in [5, 5.41) is 0. The first-order valence-electron chi connectivity index (χ1n) is 7.88. The van der Waals surface area contributed by atoms with Crippen molar-refractivity contribution in [2.45, 2.75) is 37.4 Å². The SMILES string of the molecule is C#Cc1ccc(N2CC3CCC(C2)N3[C@@H]2CCOC2)nc1. The molecule has 4 nitrogen and oxygen atoms in total. The number of piperazine rings is 1. The molecule has 110 valence electrons. The molecule has 1 aromatic rings. The largest absolute Gasteiger partial charge is 0.380 e. The minimum atomic E-state index is 0.640. The Bertz CT molecular complexity index is 530. The Labute approximate surface area is 126 Å². The number of terminal acetylenes is 1. The molecule has 3 aliphatic heterocycles. The van der Waals surface area contributed by atoms with E-state index in [4.69, 9.17) is 11.2 Å². The van der Waals surface area contributed by atoms with Crippen LogP contribution in [0.5, 0.6) is 0 Å². The van der Waals surface area contributed by atoms with Gasteiger partial charge in [-0.25, -0.2) is 4.98 Å². The van der Waals surface area contributed by atoms with Crippen LogP contribution in [0.1, 0.15) is 24.8 Å².